The molecule has 2 aromatic carbocycles. The molecule has 32 heavy (non-hydrogen) atoms. The van der Waals surface area contributed by atoms with Gasteiger partial charge in [-0.25, -0.2) is 0 Å². The van der Waals surface area contributed by atoms with Gasteiger partial charge in [-0.15, -0.1) is 10.2 Å². The summed E-state index contributed by atoms with van der Waals surface area (Å²) in [6.45, 7) is 7.66. The third-order valence-corrected chi connectivity index (χ3v) is 5.82. The van der Waals surface area contributed by atoms with Crippen molar-refractivity contribution in [2.24, 2.45) is 5.92 Å². The summed E-state index contributed by atoms with van der Waals surface area (Å²) < 4.78 is 13.5. The molecule has 2 aromatic heterocycles. The van der Waals surface area contributed by atoms with Crippen LogP contribution in [0.5, 0.6) is 5.75 Å². The third-order valence-electron chi connectivity index (χ3n) is 4.87. The largest absolute Gasteiger partial charge is 0.486 e. The summed E-state index contributed by atoms with van der Waals surface area (Å²) in [4.78, 5) is 4.50. The highest BCUT2D eigenvalue weighted by atomic mass is 32.2. The van der Waals surface area contributed by atoms with Crippen LogP contribution >= 0.6 is 11.8 Å². The Balaban J connectivity index is 1.43. The van der Waals surface area contributed by atoms with E-state index < -0.39 is 0 Å². The molecule has 0 bridgehead atoms. The van der Waals surface area contributed by atoms with Crippen LogP contribution in [0.4, 0.5) is 0 Å². The van der Waals surface area contributed by atoms with Gasteiger partial charge < -0.3 is 13.8 Å². The molecule has 2 heterocycles. The highest BCUT2D eigenvalue weighted by molar-refractivity contribution is 7.98. The minimum absolute atomic E-state index is 0.366. The minimum Gasteiger partial charge on any atom is -0.486 e. The average Bonchev–Trinajstić information content (AvgIpc) is 3.44. The van der Waals surface area contributed by atoms with Crippen LogP contribution in [0.2, 0.25) is 0 Å². The Morgan fingerprint density at radius 2 is 1.81 bits per heavy atom. The monoisotopic (exact) mass is 449 g/mol. The lowest BCUT2D eigenvalue weighted by Crippen LogP contribution is -2.12. The number of thioether (sulfide) groups is 1. The molecule has 0 saturated carbocycles. The van der Waals surface area contributed by atoms with Crippen molar-refractivity contribution in [2.75, 3.05) is 0 Å². The number of hydrogen-bond donors (Lipinski definition) is 0. The van der Waals surface area contributed by atoms with E-state index in [1.165, 1.54) is 17.3 Å². The van der Waals surface area contributed by atoms with Gasteiger partial charge in [0.1, 0.15) is 12.4 Å². The molecule has 8 heteroatoms. The van der Waals surface area contributed by atoms with Crippen LogP contribution in [0.25, 0.3) is 11.4 Å². The Kier molecular flexibility index (Phi) is 7.21. The Hall–Kier alpha value is -3.13. The van der Waals surface area contributed by atoms with E-state index >= 15 is 0 Å². The summed E-state index contributed by atoms with van der Waals surface area (Å²) in [5.41, 5.74) is 2.22. The number of aromatic nitrogens is 5. The summed E-state index contributed by atoms with van der Waals surface area (Å²) in [6.07, 6.45) is 1.01. The molecule has 0 N–H and O–H groups in total. The van der Waals surface area contributed by atoms with E-state index in [0.717, 1.165) is 35.3 Å². The van der Waals surface area contributed by atoms with Crippen LogP contribution in [0.1, 0.15) is 38.0 Å². The Morgan fingerprint density at radius 3 is 2.53 bits per heavy atom. The predicted molar refractivity (Wildman–Crippen MR) is 124 cm³/mol. The van der Waals surface area contributed by atoms with Gasteiger partial charge >= 0.3 is 0 Å². The highest BCUT2D eigenvalue weighted by Crippen LogP contribution is 2.24. The minimum atomic E-state index is 0.366. The van der Waals surface area contributed by atoms with E-state index in [1.807, 2.05) is 42.5 Å². The normalized spacial score (nSPS) is 11.2. The van der Waals surface area contributed by atoms with E-state index in [2.05, 4.69) is 57.8 Å². The second kappa shape index (κ2) is 10.5. The van der Waals surface area contributed by atoms with Crippen LogP contribution in [0.3, 0.4) is 0 Å². The van der Waals surface area contributed by atoms with E-state index in [9.17, 15) is 0 Å². The standard InChI is InChI=1S/C24H27N5O2S/c1-4-18-10-12-20(13-11-18)30-15-21-26-27-24(29(21)14-17(2)3)32-16-22-25-23(28-31-22)19-8-6-5-7-9-19/h5-13,17H,4,14-16H2,1-3H3. The SMILES string of the molecule is CCc1ccc(OCc2nnc(SCc3nc(-c4ccccc4)no3)n2CC(C)C)cc1. The van der Waals surface area contributed by atoms with Crippen LogP contribution in [-0.4, -0.2) is 24.9 Å². The van der Waals surface area contributed by atoms with Gasteiger partial charge in [0.25, 0.3) is 0 Å². The Bertz CT molecular complexity index is 1120. The van der Waals surface area contributed by atoms with Crippen molar-refractivity contribution < 1.29 is 9.26 Å². The molecule has 0 amide bonds. The smallest absolute Gasteiger partial charge is 0.237 e. The van der Waals surface area contributed by atoms with Gasteiger partial charge in [-0.2, -0.15) is 4.98 Å². The van der Waals surface area contributed by atoms with Crippen LogP contribution in [-0.2, 0) is 25.3 Å². The fourth-order valence-corrected chi connectivity index (χ4v) is 4.00. The van der Waals surface area contributed by atoms with Gasteiger partial charge in [-0.05, 0) is 30.0 Å². The van der Waals surface area contributed by atoms with E-state index in [-0.39, 0.29) is 0 Å². The van der Waals surface area contributed by atoms with Gasteiger partial charge in [0.05, 0.1) is 5.75 Å². The maximum absolute atomic E-state index is 5.97. The predicted octanol–water partition coefficient (Wildman–Crippen LogP) is 5.42. The highest BCUT2D eigenvalue weighted by Gasteiger charge is 2.16. The molecule has 0 spiro atoms. The first kappa shape index (κ1) is 22.1. The molecule has 4 rings (SSSR count). The first-order chi connectivity index (χ1) is 15.6. The molecule has 0 radical (unpaired) electrons. The van der Waals surface area contributed by atoms with Crippen molar-refractivity contribution >= 4 is 11.8 Å². The average molecular weight is 450 g/mol. The lowest BCUT2D eigenvalue weighted by atomic mass is 10.2. The Labute approximate surface area is 192 Å². The molecular formula is C24H27N5O2S. The van der Waals surface area contributed by atoms with Crippen molar-refractivity contribution in [3.8, 4) is 17.1 Å². The molecular weight excluding hydrogens is 422 g/mol. The first-order valence-corrected chi connectivity index (χ1v) is 11.8. The molecule has 0 aliphatic rings. The molecule has 0 aliphatic heterocycles. The van der Waals surface area contributed by atoms with Gasteiger partial charge in [-0.1, -0.05) is 80.2 Å². The zero-order valence-corrected chi connectivity index (χ0v) is 19.4. The van der Waals surface area contributed by atoms with Crippen LogP contribution in [0, 0.1) is 5.92 Å². The van der Waals surface area contributed by atoms with Crippen molar-refractivity contribution in [3.05, 3.63) is 71.9 Å². The van der Waals surface area contributed by atoms with Gasteiger partial charge in [0, 0.05) is 12.1 Å². The van der Waals surface area contributed by atoms with Gasteiger partial charge in [-0.3, -0.25) is 0 Å². The topological polar surface area (TPSA) is 78.9 Å². The van der Waals surface area contributed by atoms with Crippen molar-refractivity contribution in [2.45, 2.75) is 51.3 Å². The Morgan fingerprint density at radius 1 is 1.03 bits per heavy atom. The summed E-state index contributed by atoms with van der Waals surface area (Å²) in [7, 11) is 0. The number of benzene rings is 2. The summed E-state index contributed by atoms with van der Waals surface area (Å²) in [5, 5.41) is 13.7. The molecule has 0 atom stereocenters. The number of nitrogens with zero attached hydrogens (tertiary/aromatic N) is 5. The molecule has 166 valence electrons. The van der Waals surface area contributed by atoms with Crippen molar-refractivity contribution in [3.63, 3.8) is 0 Å². The quantitative estimate of drug-likeness (QED) is 0.299. The summed E-state index contributed by atoms with van der Waals surface area (Å²) in [5.74, 6) is 3.75. The summed E-state index contributed by atoms with van der Waals surface area (Å²) in [6, 6.07) is 18.0. The second-order valence-electron chi connectivity index (χ2n) is 7.86. The fourth-order valence-electron chi connectivity index (χ4n) is 3.19. The fraction of sp³-hybridized carbons (Fsp3) is 0.333. The molecule has 0 aliphatic carbocycles. The van der Waals surface area contributed by atoms with E-state index in [1.54, 1.807) is 0 Å². The van der Waals surface area contributed by atoms with Gasteiger partial charge in [0.15, 0.2) is 11.0 Å². The molecule has 0 unspecified atom stereocenters. The molecule has 7 nitrogen and oxygen atoms in total. The first-order valence-electron chi connectivity index (χ1n) is 10.8. The number of aryl methyl sites for hydroxylation is 1. The van der Waals surface area contributed by atoms with E-state index in [4.69, 9.17) is 9.26 Å². The number of rotatable bonds is 10. The third kappa shape index (κ3) is 5.56. The maximum atomic E-state index is 5.97. The molecule has 0 fully saturated rings. The van der Waals surface area contributed by atoms with Crippen LogP contribution in [0.15, 0.2) is 64.3 Å². The molecule has 0 saturated heterocycles. The lowest BCUT2D eigenvalue weighted by Gasteiger charge is -2.13. The zero-order valence-electron chi connectivity index (χ0n) is 18.6. The lowest BCUT2D eigenvalue weighted by molar-refractivity contribution is 0.284. The zero-order chi connectivity index (χ0) is 22.3. The van der Waals surface area contributed by atoms with Crippen molar-refractivity contribution in [1.82, 2.24) is 24.9 Å². The number of hydrogen-bond acceptors (Lipinski definition) is 7. The van der Waals surface area contributed by atoms with Gasteiger partial charge in [0.2, 0.25) is 11.7 Å². The maximum Gasteiger partial charge on any atom is 0.237 e. The summed E-state index contributed by atoms with van der Waals surface area (Å²) >= 11 is 1.54. The molecule has 4 aromatic rings. The second-order valence-corrected chi connectivity index (χ2v) is 8.80. The number of ether oxygens (including phenoxy) is 1. The van der Waals surface area contributed by atoms with E-state index in [0.29, 0.717) is 30.0 Å². The van der Waals surface area contributed by atoms with Crippen molar-refractivity contribution in [1.29, 1.82) is 0 Å². The van der Waals surface area contributed by atoms with Crippen LogP contribution < -0.4 is 4.74 Å².